The van der Waals surface area contributed by atoms with Gasteiger partial charge in [-0.2, -0.15) is 0 Å². The van der Waals surface area contributed by atoms with Crippen molar-refractivity contribution in [1.82, 2.24) is 9.62 Å². The number of sulfonamides is 1. The summed E-state index contributed by atoms with van der Waals surface area (Å²) in [6.45, 7) is 2.89. The highest BCUT2D eigenvalue weighted by molar-refractivity contribution is 7.88. The largest absolute Gasteiger partial charge is 0.480 e. The van der Waals surface area contributed by atoms with E-state index in [1.54, 1.807) is 4.90 Å². The molecule has 1 aromatic carbocycles. The minimum Gasteiger partial charge on any atom is -0.480 e. The first-order chi connectivity index (χ1) is 14.9. The molecule has 7 nitrogen and oxygen atoms in total. The van der Waals surface area contributed by atoms with E-state index in [-0.39, 0.29) is 24.1 Å². The highest BCUT2D eigenvalue weighted by atomic mass is 32.2. The molecule has 0 aromatic heterocycles. The van der Waals surface area contributed by atoms with Crippen molar-refractivity contribution in [3.8, 4) is 5.75 Å². The van der Waals surface area contributed by atoms with Crippen LogP contribution in [-0.2, 0) is 19.6 Å². The summed E-state index contributed by atoms with van der Waals surface area (Å²) in [5.74, 6) is 1.12. The Balaban J connectivity index is 1.68. The highest BCUT2D eigenvalue weighted by Crippen LogP contribution is 2.39. The lowest BCUT2D eigenvalue weighted by Gasteiger charge is -2.42. The van der Waals surface area contributed by atoms with E-state index in [9.17, 15) is 13.2 Å². The maximum absolute atomic E-state index is 13.6. The smallest absolute Gasteiger partial charge is 0.264 e. The molecule has 1 saturated carbocycles. The van der Waals surface area contributed by atoms with E-state index in [1.807, 2.05) is 25.1 Å². The van der Waals surface area contributed by atoms with Crippen LogP contribution < -0.4 is 9.46 Å². The molecule has 0 unspecified atom stereocenters. The van der Waals surface area contributed by atoms with Crippen molar-refractivity contribution >= 4 is 15.9 Å². The lowest BCUT2D eigenvalue weighted by atomic mass is 9.82. The Bertz CT molecular complexity index is 882. The second kappa shape index (κ2) is 9.46. The molecule has 1 saturated heterocycles. The number of ether oxygens (including phenoxy) is 2. The second-order valence-corrected chi connectivity index (χ2v) is 10.9. The van der Waals surface area contributed by atoms with Gasteiger partial charge in [0.2, 0.25) is 10.0 Å². The number of fused-ring (bicyclic) bond motifs is 5. The Hall–Kier alpha value is -1.64. The molecule has 1 aliphatic carbocycles. The van der Waals surface area contributed by atoms with Gasteiger partial charge in [0.1, 0.15) is 5.75 Å². The van der Waals surface area contributed by atoms with Crippen molar-refractivity contribution in [1.29, 1.82) is 0 Å². The summed E-state index contributed by atoms with van der Waals surface area (Å²) in [6.07, 6.45) is 6.67. The number of piperidine rings is 1. The third kappa shape index (κ3) is 5.23. The number of rotatable bonds is 3. The summed E-state index contributed by atoms with van der Waals surface area (Å²) in [6, 6.07) is 7.40. The van der Waals surface area contributed by atoms with Gasteiger partial charge in [-0.3, -0.25) is 4.79 Å². The fourth-order valence-corrected chi connectivity index (χ4v) is 6.12. The van der Waals surface area contributed by atoms with E-state index in [4.69, 9.17) is 9.47 Å². The molecule has 0 radical (unpaired) electrons. The zero-order valence-corrected chi connectivity index (χ0v) is 19.3. The SMILES string of the molecule is CC[C@H]1Oc2ccccc2[C@H]2CC[C@H](CC2)OC[C@H]2[C@@H](NS(C)(=O)=O)CCCN2C1=O. The van der Waals surface area contributed by atoms with Crippen LogP contribution in [-0.4, -0.2) is 62.9 Å². The molecule has 5 rings (SSSR count). The fourth-order valence-electron chi connectivity index (χ4n) is 5.30. The molecule has 1 aromatic rings. The Labute approximate surface area is 185 Å². The first-order valence-electron chi connectivity index (χ1n) is 11.5. The summed E-state index contributed by atoms with van der Waals surface area (Å²) in [4.78, 5) is 15.4. The van der Waals surface area contributed by atoms with Crippen molar-refractivity contribution in [2.75, 3.05) is 19.4 Å². The monoisotopic (exact) mass is 450 g/mol. The van der Waals surface area contributed by atoms with Crippen molar-refractivity contribution in [3.63, 3.8) is 0 Å². The maximum atomic E-state index is 13.6. The predicted molar refractivity (Wildman–Crippen MR) is 119 cm³/mol. The molecule has 1 amide bonds. The van der Waals surface area contributed by atoms with E-state index < -0.39 is 16.1 Å². The van der Waals surface area contributed by atoms with Gasteiger partial charge in [-0.05, 0) is 62.5 Å². The number of para-hydroxylation sites is 1. The standard InChI is InChI=1S/C23H34N2O5S/c1-3-21-23(26)25-14-6-8-19(24-31(2,27)28)20(25)15-29-17-12-10-16(11-13-17)18-7-4-5-9-22(18)30-21/h4-5,7,9,16-17,19-21,24H,3,6,8,10-15H2,1-2H3/t16-,17+,19-,20-,21+/m0/s1. The molecule has 3 atom stereocenters. The van der Waals surface area contributed by atoms with Crippen LogP contribution >= 0.6 is 0 Å². The summed E-state index contributed by atoms with van der Waals surface area (Å²) in [5.41, 5.74) is 1.18. The van der Waals surface area contributed by atoms with E-state index in [1.165, 1.54) is 11.8 Å². The van der Waals surface area contributed by atoms with Crippen LogP contribution in [0.1, 0.15) is 63.4 Å². The Morgan fingerprint density at radius 3 is 2.58 bits per heavy atom. The van der Waals surface area contributed by atoms with Gasteiger partial charge in [0.05, 0.1) is 25.0 Å². The van der Waals surface area contributed by atoms with Crippen LogP contribution in [0.25, 0.3) is 0 Å². The zero-order valence-electron chi connectivity index (χ0n) is 18.5. The first-order valence-corrected chi connectivity index (χ1v) is 13.4. The summed E-state index contributed by atoms with van der Waals surface area (Å²) >= 11 is 0. The van der Waals surface area contributed by atoms with Crippen LogP contribution in [0, 0.1) is 0 Å². The molecule has 2 bridgehead atoms. The van der Waals surface area contributed by atoms with Crippen molar-refractivity contribution in [2.24, 2.45) is 0 Å². The number of carbonyl (C=O) groups is 1. The van der Waals surface area contributed by atoms with Gasteiger partial charge in [0.25, 0.3) is 5.91 Å². The van der Waals surface area contributed by atoms with Gasteiger partial charge < -0.3 is 14.4 Å². The normalized spacial score (nSPS) is 32.1. The first kappa shape index (κ1) is 22.6. The third-order valence-corrected chi connectivity index (χ3v) is 7.61. The van der Waals surface area contributed by atoms with Gasteiger partial charge in [0.15, 0.2) is 6.10 Å². The highest BCUT2D eigenvalue weighted by Gasteiger charge is 2.40. The Kier molecular flexibility index (Phi) is 6.89. The molecular formula is C23H34N2O5S. The Morgan fingerprint density at radius 2 is 1.87 bits per heavy atom. The lowest BCUT2D eigenvalue weighted by molar-refractivity contribution is -0.146. The fraction of sp³-hybridized carbons (Fsp3) is 0.696. The molecule has 3 aliphatic heterocycles. The molecule has 2 fully saturated rings. The van der Waals surface area contributed by atoms with E-state index >= 15 is 0 Å². The Morgan fingerprint density at radius 1 is 1.13 bits per heavy atom. The van der Waals surface area contributed by atoms with Gasteiger partial charge in [-0.15, -0.1) is 0 Å². The van der Waals surface area contributed by atoms with E-state index in [0.717, 1.165) is 37.9 Å². The molecule has 8 heteroatoms. The summed E-state index contributed by atoms with van der Waals surface area (Å²) in [7, 11) is -3.39. The lowest BCUT2D eigenvalue weighted by Crippen LogP contribution is -2.61. The van der Waals surface area contributed by atoms with Crippen LogP contribution in [0.5, 0.6) is 5.75 Å². The van der Waals surface area contributed by atoms with Crippen LogP contribution in [0.15, 0.2) is 24.3 Å². The molecular weight excluding hydrogens is 416 g/mol. The zero-order chi connectivity index (χ0) is 22.0. The van der Waals surface area contributed by atoms with Gasteiger partial charge >= 0.3 is 0 Å². The third-order valence-electron chi connectivity index (χ3n) is 6.88. The number of hydrogen-bond donors (Lipinski definition) is 1. The number of nitrogens with zero attached hydrogens (tertiary/aromatic N) is 1. The van der Waals surface area contributed by atoms with E-state index in [2.05, 4.69) is 10.8 Å². The average molecular weight is 451 g/mol. The quantitative estimate of drug-likeness (QED) is 0.766. The number of nitrogens with one attached hydrogen (secondary N) is 1. The second-order valence-electron chi connectivity index (χ2n) is 9.10. The molecule has 172 valence electrons. The maximum Gasteiger partial charge on any atom is 0.264 e. The number of amides is 1. The predicted octanol–water partition coefficient (Wildman–Crippen LogP) is 2.81. The van der Waals surface area contributed by atoms with Gasteiger partial charge in [0, 0.05) is 12.6 Å². The van der Waals surface area contributed by atoms with Crippen molar-refractivity contribution in [3.05, 3.63) is 29.8 Å². The minimum absolute atomic E-state index is 0.0857. The molecule has 1 N–H and O–H groups in total. The minimum atomic E-state index is -3.39. The molecule has 31 heavy (non-hydrogen) atoms. The summed E-state index contributed by atoms with van der Waals surface area (Å²) < 4.78 is 39.3. The van der Waals surface area contributed by atoms with Gasteiger partial charge in [-0.1, -0.05) is 25.1 Å². The van der Waals surface area contributed by atoms with Crippen LogP contribution in [0.3, 0.4) is 0 Å². The topological polar surface area (TPSA) is 84.9 Å². The molecule has 3 heterocycles. The summed E-state index contributed by atoms with van der Waals surface area (Å²) in [5, 5.41) is 0. The number of benzene rings is 1. The van der Waals surface area contributed by atoms with Crippen LogP contribution in [0.4, 0.5) is 0 Å². The number of hydrogen-bond acceptors (Lipinski definition) is 5. The molecule has 4 aliphatic rings. The molecule has 0 spiro atoms. The van der Waals surface area contributed by atoms with Crippen LogP contribution in [0.2, 0.25) is 0 Å². The van der Waals surface area contributed by atoms with Crippen molar-refractivity contribution < 1.29 is 22.7 Å². The van der Waals surface area contributed by atoms with Gasteiger partial charge in [-0.25, -0.2) is 13.1 Å². The number of carbonyl (C=O) groups excluding carboxylic acids is 1. The average Bonchev–Trinajstić information content (AvgIpc) is 2.76. The van der Waals surface area contributed by atoms with E-state index in [0.29, 0.717) is 31.9 Å². The van der Waals surface area contributed by atoms with Crippen molar-refractivity contribution in [2.45, 2.75) is 82.1 Å².